The molecule has 0 amide bonds. The van der Waals surface area contributed by atoms with Crippen molar-refractivity contribution in [3.63, 3.8) is 0 Å². The number of carbonyl (C=O) groups excluding carboxylic acids is 1. The summed E-state index contributed by atoms with van der Waals surface area (Å²) in [4.78, 5) is 11.6. The van der Waals surface area contributed by atoms with Crippen molar-refractivity contribution >= 4 is 16.1 Å². The van der Waals surface area contributed by atoms with Gasteiger partial charge in [0.1, 0.15) is 5.75 Å². The minimum absolute atomic E-state index is 0.163. The van der Waals surface area contributed by atoms with Gasteiger partial charge >= 0.3 is 23.9 Å². The third-order valence-corrected chi connectivity index (χ3v) is 3.78. The third kappa shape index (κ3) is 4.48. The summed E-state index contributed by atoms with van der Waals surface area (Å²) in [6.07, 6.45) is -12.8. The van der Waals surface area contributed by atoms with Gasteiger partial charge in [-0.1, -0.05) is 6.92 Å². The maximum absolute atomic E-state index is 12.9. The molecule has 0 aliphatic carbocycles. The fourth-order valence-electron chi connectivity index (χ4n) is 1.17. The lowest BCUT2D eigenvalue weighted by molar-refractivity contribution is -0.363. The molecule has 0 heterocycles. The molecule has 12 heteroatoms. The smallest absolute Gasteiger partial charge is 0.438 e. The molecule has 0 unspecified atom stereocenters. The van der Waals surface area contributed by atoms with E-state index in [0.717, 1.165) is 13.8 Å². The van der Waals surface area contributed by atoms with Crippen molar-refractivity contribution < 1.29 is 48.8 Å². The molecule has 1 N–H and O–H groups in total. The van der Waals surface area contributed by atoms with Gasteiger partial charge in [-0.2, -0.15) is 34.8 Å². The van der Waals surface area contributed by atoms with Crippen LogP contribution in [-0.4, -0.2) is 42.6 Å². The molecular weight excluding hydrogens is 346 g/mol. The van der Waals surface area contributed by atoms with Crippen LogP contribution in [0.15, 0.2) is 0 Å². The normalized spacial score (nSPS) is 14.8. The highest BCUT2D eigenvalue weighted by Gasteiger charge is 2.76. The molecule has 0 aliphatic heterocycles. The zero-order valence-corrected chi connectivity index (χ0v) is 12.5. The zero-order chi connectivity index (χ0) is 18.2. The molecule has 0 saturated carbocycles. The summed E-state index contributed by atoms with van der Waals surface area (Å²) in [7, 11) is -5.76. The van der Waals surface area contributed by atoms with E-state index in [2.05, 4.69) is 4.74 Å². The molecule has 0 saturated heterocycles. The van der Waals surface area contributed by atoms with E-state index in [1.54, 1.807) is 0 Å². The lowest BCUT2D eigenvalue weighted by Gasteiger charge is -2.37. The first-order valence-electron chi connectivity index (χ1n) is 5.72. The van der Waals surface area contributed by atoms with Gasteiger partial charge < -0.3 is 4.74 Å². The predicted molar refractivity (Wildman–Crippen MR) is 61.4 cm³/mol. The Labute approximate surface area is 122 Å². The van der Waals surface area contributed by atoms with Gasteiger partial charge in [0, 0.05) is 0 Å². The first-order valence-corrected chi connectivity index (χ1v) is 7.32. The van der Waals surface area contributed by atoms with Gasteiger partial charge in [0.15, 0.2) is 0 Å². The van der Waals surface area contributed by atoms with Crippen molar-refractivity contribution in [3.8, 4) is 0 Å². The van der Waals surface area contributed by atoms with Crippen LogP contribution in [-0.2, 0) is 19.6 Å². The van der Waals surface area contributed by atoms with Crippen molar-refractivity contribution in [3.05, 3.63) is 0 Å². The second-order valence-corrected chi connectivity index (χ2v) is 6.63. The SMILES string of the molecule is CCC(C)(C)C(=O)OC(CS(=O)(=O)O)(C(F)(F)F)C(F)(F)F. The van der Waals surface area contributed by atoms with Crippen molar-refractivity contribution in [2.75, 3.05) is 5.75 Å². The molecule has 0 rings (SSSR count). The summed E-state index contributed by atoms with van der Waals surface area (Å²) in [6.45, 7) is 3.37. The van der Waals surface area contributed by atoms with Crippen LogP contribution in [0.25, 0.3) is 0 Å². The van der Waals surface area contributed by atoms with Crippen LogP contribution in [0.5, 0.6) is 0 Å². The Bertz CT molecular complexity index is 505. The maximum Gasteiger partial charge on any atom is 0.438 e. The molecule has 0 bridgehead atoms. The highest BCUT2D eigenvalue weighted by atomic mass is 32.2. The van der Waals surface area contributed by atoms with Gasteiger partial charge in [0.2, 0.25) is 0 Å². The molecule has 0 aromatic carbocycles. The molecule has 5 nitrogen and oxygen atoms in total. The van der Waals surface area contributed by atoms with Crippen LogP contribution in [0.4, 0.5) is 26.3 Å². The molecule has 132 valence electrons. The summed E-state index contributed by atoms with van der Waals surface area (Å²) in [5.41, 5.74) is -7.07. The summed E-state index contributed by atoms with van der Waals surface area (Å²) in [6, 6.07) is 0. The molecule has 0 aromatic rings. The first kappa shape index (κ1) is 21.0. The number of hydrogen-bond donors (Lipinski definition) is 1. The van der Waals surface area contributed by atoms with Gasteiger partial charge in [-0.3, -0.25) is 9.35 Å². The molecule has 0 aliphatic rings. The molecule has 0 atom stereocenters. The average Bonchev–Trinajstić information content (AvgIpc) is 2.22. The molecule has 0 radical (unpaired) electrons. The Morgan fingerprint density at radius 2 is 1.41 bits per heavy atom. The number of esters is 1. The van der Waals surface area contributed by atoms with Crippen molar-refractivity contribution in [1.82, 2.24) is 0 Å². The monoisotopic (exact) mass is 360 g/mol. The summed E-state index contributed by atoms with van der Waals surface area (Å²) >= 11 is 0. The Hall–Kier alpha value is -1.04. The highest BCUT2D eigenvalue weighted by Crippen LogP contribution is 2.47. The van der Waals surface area contributed by atoms with Crippen LogP contribution in [0.2, 0.25) is 0 Å². The average molecular weight is 360 g/mol. The van der Waals surface area contributed by atoms with E-state index in [4.69, 9.17) is 4.55 Å². The van der Waals surface area contributed by atoms with E-state index in [9.17, 15) is 39.6 Å². The molecular formula is C10H14F6O5S. The van der Waals surface area contributed by atoms with E-state index >= 15 is 0 Å². The van der Waals surface area contributed by atoms with Crippen LogP contribution in [0.1, 0.15) is 27.2 Å². The number of ether oxygens (including phenoxy) is 1. The predicted octanol–water partition coefficient (Wildman–Crippen LogP) is 2.72. The fourth-order valence-corrected chi connectivity index (χ4v) is 2.07. The van der Waals surface area contributed by atoms with E-state index in [0.29, 0.717) is 0 Å². The number of alkyl halides is 6. The lowest BCUT2D eigenvalue weighted by atomic mass is 9.90. The largest absolute Gasteiger partial charge is 0.438 e. The standard InChI is InChI=1S/C10H14F6O5S/c1-4-7(2,3)6(17)21-8(9(11,12)13,10(14,15)16)5-22(18,19)20/h4-5H2,1-3H3,(H,18,19,20). The zero-order valence-electron chi connectivity index (χ0n) is 11.7. The van der Waals surface area contributed by atoms with E-state index in [-0.39, 0.29) is 6.42 Å². The van der Waals surface area contributed by atoms with Crippen molar-refractivity contribution in [2.45, 2.75) is 45.1 Å². The van der Waals surface area contributed by atoms with Gasteiger partial charge in [0.05, 0.1) is 5.41 Å². The summed E-state index contributed by atoms with van der Waals surface area (Å²) in [5.74, 6) is -4.77. The quantitative estimate of drug-likeness (QED) is 0.463. The molecule has 22 heavy (non-hydrogen) atoms. The van der Waals surface area contributed by atoms with E-state index in [1.165, 1.54) is 6.92 Å². The maximum atomic E-state index is 12.9. The number of halogens is 6. The Morgan fingerprint density at radius 1 is 1.05 bits per heavy atom. The molecule has 0 fully saturated rings. The van der Waals surface area contributed by atoms with Gasteiger partial charge in [0.25, 0.3) is 10.1 Å². The first-order chi connectivity index (χ1) is 9.40. The summed E-state index contributed by atoms with van der Waals surface area (Å²) < 4.78 is 111. The minimum Gasteiger partial charge on any atom is -0.438 e. The van der Waals surface area contributed by atoms with Gasteiger partial charge in [-0.05, 0) is 20.3 Å². The molecule has 0 spiro atoms. The summed E-state index contributed by atoms with van der Waals surface area (Å²) in [5, 5.41) is 0. The topological polar surface area (TPSA) is 80.7 Å². The van der Waals surface area contributed by atoms with Gasteiger partial charge in [-0.25, -0.2) is 0 Å². The van der Waals surface area contributed by atoms with Crippen LogP contribution < -0.4 is 0 Å². The molecule has 0 aromatic heterocycles. The lowest BCUT2D eigenvalue weighted by Crippen LogP contribution is -2.64. The van der Waals surface area contributed by atoms with Crippen LogP contribution in [0, 0.1) is 5.41 Å². The second-order valence-electron chi connectivity index (χ2n) is 5.18. The Morgan fingerprint density at radius 3 is 1.64 bits per heavy atom. The van der Waals surface area contributed by atoms with Gasteiger partial charge in [-0.15, -0.1) is 0 Å². The van der Waals surface area contributed by atoms with Crippen molar-refractivity contribution in [1.29, 1.82) is 0 Å². The highest BCUT2D eigenvalue weighted by molar-refractivity contribution is 7.85. The van der Waals surface area contributed by atoms with Crippen molar-refractivity contribution in [2.24, 2.45) is 5.41 Å². The van der Waals surface area contributed by atoms with Crippen LogP contribution in [0.3, 0.4) is 0 Å². The number of hydrogen-bond acceptors (Lipinski definition) is 4. The number of carbonyl (C=O) groups is 1. The van der Waals surface area contributed by atoms with E-state index in [1.807, 2.05) is 0 Å². The number of rotatable bonds is 5. The fraction of sp³-hybridized carbons (Fsp3) is 0.900. The Balaban J connectivity index is 6.16. The Kier molecular flexibility index (Phi) is 5.59. The van der Waals surface area contributed by atoms with Crippen LogP contribution >= 0.6 is 0 Å². The van der Waals surface area contributed by atoms with E-state index < -0.39 is 45.2 Å². The third-order valence-electron chi connectivity index (χ3n) is 3.00. The minimum atomic E-state index is -6.31. The second kappa shape index (κ2) is 5.87.